The second-order valence-electron chi connectivity index (χ2n) is 15.8. The minimum atomic E-state index is -1.06. The third kappa shape index (κ3) is 4.71. The molecule has 9 nitrogen and oxygen atoms in total. The Labute approximate surface area is 279 Å². The molecule has 1 N–H and O–H groups in total. The van der Waals surface area contributed by atoms with E-state index in [1.54, 1.807) is 14.2 Å². The Morgan fingerprint density at radius 2 is 1.85 bits per heavy atom. The maximum atomic E-state index is 13.0. The minimum Gasteiger partial charge on any atom is -0.478 e. The summed E-state index contributed by atoms with van der Waals surface area (Å²) in [5.41, 5.74) is -0.736. The Morgan fingerprint density at radius 1 is 1.13 bits per heavy atom. The van der Waals surface area contributed by atoms with E-state index in [4.69, 9.17) is 28.4 Å². The number of carbonyl (C=O) groups is 1. The van der Waals surface area contributed by atoms with Crippen LogP contribution in [-0.4, -0.2) is 97.8 Å². The van der Waals surface area contributed by atoms with Crippen LogP contribution in [0.5, 0.6) is 11.5 Å². The summed E-state index contributed by atoms with van der Waals surface area (Å²) < 4.78 is 35.8. The second-order valence-corrected chi connectivity index (χ2v) is 16.9. The SMILES string of the molecule is COCCOCCOC(=O)Oc1ccc(C)c2c1O[C@@]1(C)[C@]23CCN(CC2CC2)[C@H](C)[C@]32CS[C@]1(OC)[C@@H]([C@](C)(O)C(C)(C)C)C2. The van der Waals surface area contributed by atoms with Gasteiger partial charge in [-0.3, -0.25) is 4.90 Å². The van der Waals surface area contributed by atoms with Gasteiger partial charge in [-0.15, -0.1) is 11.8 Å². The molecule has 0 amide bonds. The van der Waals surface area contributed by atoms with E-state index in [1.165, 1.54) is 12.8 Å². The Kier molecular flexibility index (Phi) is 8.80. The first-order valence-corrected chi connectivity index (χ1v) is 18.0. The van der Waals surface area contributed by atoms with Crippen LogP contribution in [0.2, 0.25) is 0 Å². The van der Waals surface area contributed by atoms with Gasteiger partial charge in [-0.05, 0) is 82.9 Å². The zero-order chi connectivity index (χ0) is 33.3. The van der Waals surface area contributed by atoms with Crippen molar-refractivity contribution in [2.75, 3.05) is 59.5 Å². The van der Waals surface area contributed by atoms with Crippen molar-refractivity contribution in [3.63, 3.8) is 0 Å². The topological polar surface area (TPSA) is 95.9 Å². The van der Waals surface area contributed by atoms with Crippen LogP contribution in [-0.2, 0) is 24.4 Å². The number of aryl methyl sites for hydroxylation is 1. The Hall–Kier alpha value is -1.56. The fraction of sp³-hybridized carbons (Fsp3) is 0.806. The maximum absolute atomic E-state index is 13.0. The van der Waals surface area contributed by atoms with Crippen LogP contribution < -0.4 is 9.47 Å². The summed E-state index contributed by atoms with van der Waals surface area (Å²) >= 11 is 1.82. The van der Waals surface area contributed by atoms with E-state index in [0.717, 1.165) is 48.7 Å². The molecule has 4 heterocycles. The van der Waals surface area contributed by atoms with Gasteiger partial charge in [-0.25, -0.2) is 4.79 Å². The minimum absolute atomic E-state index is 0.0730. The number of ether oxygens (including phenoxy) is 6. The van der Waals surface area contributed by atoms with E-state index in [2.05, 4.69) is 46.4 Å². The molecule has 0 unspecified atom stereocenters. The number of hydrogen-bond donors (Lipinski definition) is 1. The van der Waals surface area contributed by atoms with Gasteiger partial charge >= 0.3 is 6.16 Å². The van der Waals surface area contributed by atoms with Crippen LogP contribution in [0.1, 0.15) is 78.4 Å². The number of rotatable bonds is 11. The predicted octanol–water partition coefficient (Wildman–Crippen LogP) is 5.96. The number of thioether (sulfide) groups is 1. The van der Waals surface area contributed by atoms with E-state index in [0.29, 0.717) is 24.7 Å². The second kappa shape index (κ2) is 11.8. The average Bonchev–Trinajstić information content (AvgIpc) is 3.77. The fourth-order valence-electron chi connectivity index (χ4n) is 9.69. The van der Waals surface area contributed by atoms with Crippen LogP contribution in [0.25, 0.3) is 0 Å². The lowest BCUT2D eigenvalue weighted by atomic mass is 9.39. The summed E-state index contributed by atoms with van der Waals surface area (Å²) in [5, 5.41) is 12.6. The lowest BCUT2D eigenvalue weighted by Crippen LogP contribution is -2.86. The van der Waals surface area contributed by atoms with Gasteiger partial charge in [0.25, 0.3) is 0 Å². The maximum Gasteiger partial charge on any atom is 0.514 e. The standard InChI is InChI=1S/C36H55NO8S/c1-23-10-13-26(44-30(38)43-19-18-42-17-16-40-8)29-28(23)35-14-15-37(21-25-11-12-25)24(2)34(35)20-27(32(6,39)31(3,4)5)36(41-9,46-22-34)33(35,7)45-29/h10,13,24-25,27,39H,11-12,14-22H2,1-9H3/t24-,27-,32+,33+,34+,35+,36-/m1/s1. The number of fused-ring (bicyclic) bond motifs is 3. The van der Waals surface area contributed by atoms with E-state index < -0.39 is 33.1 Å². The molecular formula is C36H55NO8S. The van der Waals surface area contributed by atoms with E-state index >= 15 is 0 Å². The molecule has 5 fully saturated rings. The van der Waals surface area contributed by atoms with Crippen molar-refractivity contribution in [1.29, 1.82) is 0 Å². The smallest absolute Gasteiger partial charge is 0.478 e. The number of nitrogens with zero attached hydrogens (tertiary/aromatic N) is 1. The van der Waals surface area contributed by atoms with Crippen molar-refractivity contribution in [3.8, 4) is 11.5 Å². The fourth-order valence-corrected chi connectivity index (χ4v) is 11.9. The van der Waals surface area contributed by atoms with Gasteiger partial charge in [0.2, 0.25) is 0 Å². The lowest BCUT2D eigenvalue weighted by Gasteiger charge is -2.76. The molecule has 2 saturated carbocycles. The first kappa shape index (κ1) is 34.3. The molecule has 4 aliphatic heterocycles. The predicted molar refractivity (Wildman–Crippen MR) is 178 cm³/mol. The zero-order valence-electron chi connectivity index (χ0n) is 29.3. The normalized spacial score (nSPS) is 36.3. The van der Waals surface area contributed by atoms with Gasteiger partial charge in [-0.2, -0.15) is 0 Å². The number of carbonyl (C=O) groups excluding carboxylic acids is 1. The van der Waals surface area contributed by atoms with Crippen LogP contribution in [0.4, 0.5) is 4.79 Å². The summed E-state index contributed by atoms with van der Waals surface area (Å²) in [4.78, 5) is 14.8. The number of methoxy groups -OCH3 is 2. The number of aliphatic hydroxyl groups is 1. The van der Waals surface area contributed by atoms with Crippen molar-refractivity contribution < 1.29 is 38.3 Å². The van der Waals surface area contributed by atoms with Crippen LogP contribution in [0.3, 0.4) is 0 Å². The molecule has 10 heteroatoms. The van der Waals surface area contributed by atoms with Gasteiger partial charge in [0.15, 0.2) is 22.0 Å². The molecule has 7 rings (SSSR count). The first-order valence-electron chi connectivity index (χ1n) is 17.1. The van der Waals surface area contributed by atoms with Crippen molar-refractivity contribution in [1.82, 2.24) is 4.90 Å². The molecule has 7 atom stereocenters. The van der Waals surface area contributed by atoms with Crippen LogP contribution in [0, 0.1) is 29.6 Å². The first-order chi connectivity index (χ1) is 21.7. The number of likely N-dealkylation sites (tertiary alicyclic amines) is 1. The highest BCUT2D eigenvalue weighted by atomic mass is 32.2. The molecule has 3 saturated heterocycles. The molecule has 0 aromatic heterocycles. The third-order valence-corrected chi connectivity index (χ3v) is 14.8. The highest BCUT2D eigenvalue weighted by molar-refractivity contribution is 8.00. The lowest BCUT2D eigenvalue weighted by molar-refractivity contribution is -0.281. The summed E-state index contributed by atoms with van der Waals surface area (Å²) in [6.07, 6.45) is 3.54. The van der Waals surface area contributed by atoms with Crippen molar-refractivity contribution in [2.45, 2.75) is 102 Å². The molecule has 46 heavy (non-hydrogen) atoms. The van der Waals surface area contributed by atoms with Gasteiger partial charge < -0.3 is 33.5 Å². The summed E-state index contributed by atoms with van der Waals surface area (Å²) in [7, 11) is 3.39. The van der Waals surface area contributed by atoms with Gasteiger partial charge in [0.1, 0.15) is 6.61 Å². The number of piperidine rings is 1. The Balaban J connectivity index is 1.44. The molecule has 2 spiro atoms. The van der Waals surface area contributed by atoms with Gasteiger partial charge in [-0.1, -0.05) is 26.8 Å². The third-order valence-electron chi connectivity index (χ3n) is 12.8. The molecule has 0 radical (unpaired) electrons. The molecule has 258 valence electrons. The van der Waals surface area contributed by atoms with E-state index in [-0.39, 0.29) is 30.6 Å². The number of hydrogen-bond acceptors (Lipinski definition) is 10. The van der Waals surface area contributed by atoms with Crippen molar-refractivity contribution >= 4 is 17.9 Å². The van der Waals surface area contributed by atoms with Crippen molar-refractivity contribution in [3.05, 3.63) is 23.3 Å². The van der Waals surface area contributed by atoms with Crippen LogP contribution >= 0.6 is 11.8 Å². The molecule has 1 aromatic carbocycles. The summed E-state index contributed by atoms with van der Waals surface area (Å²) in [5.74, 6) is 2.41. The van der Waals surface area contributed by atoms with Gasteiger partial charge in [0, 0.05) is 49.5 Å². The summed E-state index contributed by atoms with van der Waals surface area (Å²) in [6.45, 7) is 18.4. The molecular weight excluding hydrogens is 606 g/mol. The zero-order valence-corrected chi connectivity index (χ0v) is 30.1. The van der Waals surface area contributed by atoms with E-state index in [1.807, 2.05) is 30.8 Å². The van der Waals surface area contributed by atoms with Crippen LogP contribution in [0.15, 0.2) is 12.1 Å². The molecule has 1 aromatic rings. The molecule has 2 aliphatic carbocycles. The molecule has 6 aliphatic rings. The van der Waals surface area contributed by atoms with Gasteiger partial charge in [0.05, 0.1) is 30.8 Å². The molecule has 2 bridgehead atoms. The monoisotopic (exact) mass is 661 g/mol. The summed E-state index contributed by atoms with van der Waals surface area (Å²) in [6, 6.07) is 4.12. The Morgan fingerprint density at radius 3 is 2.50 bits per heavy atom. The average molecular weight is 662 g/mol. The highest BCUT2D eigenvalue weighted by Crippen LogP contribution is 2.80. The van der Waals surface area contributed by atoms with Crippen molar-refractivity contribution in [2.24, 2.45) is 22.7 Å². The largest absolute Gasteiger partial charge is 0.514 e. The quantitative estimate of drug-likeness (QED) is 0.174. The Bertz CT molecular complexity index is 1330. The highest BCUT2D eigenvalue weighted by Gasteiger charge is 2.86. The number of benzene rings is 1. The van der Waals surface area contributed by atoms with E-state index in [9.17, 15) is 9.90 Å².